The third kappa shape index (κ3) is 3.98. The SMILES string of the molecule is COC(=O)[C@@H](NC(=O)c1cc(F)ccc1[N+](=O)[O-])C(C)C. The Kier molecular flexibility index (Phi) is 5.34. The molecule has 0 fully saturated rings. The maximum atomic E-state index is 13.2. The summed E-state index contributed by atoms with van der Waals surface area (Å²) in [5, 5.41) is 13.2. The molecule has 1 aromatic carbocycles. The second-order valence-electron chi connectivity index (χ2n) is 4.64. The van der Waals surface area contributed by atoms with Crippen LogP contribution in [-0.4, -0.2) is 30.0 Å². The topological polar surface area (TPSA) is 98.5 Å². The van der Waals surface area contributed by atoms with Gasteiger partial charge in [-0.2, -0.15) is 0 Å². The number of rotatable bonds is 5. The van der Waals surface area contributed by atoms with Crippen LogP contribution >= 0.6 is 0 Å². The van der Waals surface area contributed by atoms with Crippen molar-refractivity contribution in [3.05, 3.63) is 39.7 Å². The molecule has 0 saturated carbocycles. The van der Waals surface area contributed by atoms with Crippen molar-refractivity contribution < 1.29 is 23.6 Å². The fraction of sp³-hybridized carbons (Fsp3) is 0.385. The van der Waals surface area contributed by atoms with Gasteiger partial charge in [-0.05, 0) is 18.1 Å². The van der Waals surface area contributed by atoms with Gasteiger partial charge in [-0.1, -0.05) is 13.8 Å². The van der Waals surface area contributed by atoms with E-state index < -0.39 is 39.9 Å². The van der Waals surface area contributed by atoms with Crippen molar-refractivity contribution >= 4 is 17.6 Å². The zero-order chi connectivity index (χ0) is 16.2. The van der Waals surface area contributed by atoms with Crippen LogP contribution in [0, 0.1) is 21.8 Å². The van der Waals surface area contributed by atoms with E-state index in [0.717, 1.165) is 25.3 Å². The fourth-order valence-electron chi connectivity index (χ4n) is 1.69. The Hall–Kier alpha value is -2.51. The Morgan fingerprint density at radius 1 is 1.38 bits per heavy atom. The van der Waals surface area contributed by atoms with Gasteiger partial charge in [0.15, 0.2) is 0 Å². The minimum Gasteiger partial charge on any atom is -0.467 e. The standard InChI is InChI=1S/C13H15FN2O5/c1-7(2)11(13(18)21-3)15-12(17)9-6-8(14)4-5-10(9)16(19)20/h4-7,11H,1-3H3,(H,15,17)/t11-/m0/s1. The van der Waals surface area contributed by atoms with Crippen LogP contribution in [0.25, 0.3) is 0 Å². The highest BCUT2D eigenvalue weighted by molar-refractivity contribution is 6.00. The number of halogens is 1. The number of hydrogen-bond acceptors (Lipinski definition) is 5. The number of carbonyl (C=O) groups excluding carboxylic acids is 2. The summed E-state index contributed by atoms with van der Waals surface area (Å²) in [6, 6.07) is 1.55. The molecule has 1 aromatic rings. The van der Waals surface area contributed by atoms with E-state index in [4.69, 9.17) is 0 Å². The zero-order valence-corrected chi connectivity index (χ0v) is 11.8. The van der Waals surface area contributed by atoms with E-state index in [1.54, 1.807) is 13.8 Å². The molecule has 114 valence electrons. The Morgan fingerprint density at radius 3 is 2.48 bits per heavy atom. The van der Waals surface area contributed by atoms with Gasteiger partial charge in [0.25, 0.3) is 11.6 Å². The first kappa shape index (κ1) is 16.5. The monoisotopic (exact) mass is 298 g/mol. The minimum atomic E-state index is -0.981. The van der Waals surface area contributed by atoms with Gasteiger partial charge in [0.1, 0.15) is 17.4 Å². The molecule has 8 heteroatoms. The van der Waals surface area contributed by atoms with Gasteiger partial charge in [0, 0.05) is 6.07 Å². The number of amides is 1. The summed E-state index contributed by atoms with van der Waals surface area (Å²) < 4.78 is 17.7. The zero-order valence-electron chi connectivity index (χ0n) is 11.8. The fourth-order valence-corrected chi connectivity index (χ4v) is 1.69. The molecule has 1 N–H and O–H groups in total. The molecule has 0 unspecified atom stereocenters. The average molecular weight is 298 g/mol. The van der Waals surface area contributed by atoms with Crippen LogP contribution in [0.4, 0.5) is 10.1 Å². The molecule has 0 bridgehead atoms. The molecule has 0 aliphatic rings. The van der Waals surface area contributed by atoms with E-state index in [0.29, 0.717) is 0 Å². The number of nitrogens with zero attached hydrogens (tertiary/aromatic N) is 1. The molecule has 0 aromatic heterocycles. The van der Waals surface area contributed by atoms with Crippen LogP contribution in [0.1, 0.15) is 24.2 Å². The van der Waals surface area contributed by atoms with E-state index >= 15 is 0 Å². The quantitative estimate of drug-likeness (QED) is 0.506. The number of methoxy groups -OCH3 is 1. The van der Waals surface area contributed by atoms with Gasteiger partial charge in [-0.15, -0.1) is 0 Å². The largest absolute Gasteiger partial charge is 0.467 e. The lowest BCUT2D eigenvalue weighted by Crippen LogP contribution is -2.45. The summed E-state index contributed by atoms with van der Waals surface area (Å²) in [5.41, 5.74) is -0.990. The predicted molar refractivity (Wildman–Crippen MR) is 71.2 cm³/mol. The van der Waals surface area contributed by atoms with Gasteiger partial charge in [0.05, 0.1) is 12.0 Å². The van der Waals surface area contributed by atoms with Crippen molar-refractivity contribution in [1.82, 2.24) is 5.32 Å². The van der Waals surface area contributed by atoms with Crippen LogP contribution in [-0.2, 0) is 9.53 Å². The van der Waals surface area contributed by atoms with E-state index in [1.165, 1.54) is 0 Å². The van der Waals surface area contributed by atoms with Gasteiger partial charge in [0.2, 0.25) is 0 Å². The highest BCUT2D eigenvalue weighted by Crippen LogP contribution is 2.20. The van der Waals surface area contributed by atoms with Gasteiger partial charge in [-0.3, -0.25) is 14.9 Å². The summed E-state index contributed by atoms with van der Waals surface area (Å²) >= 11 is 0. The Balaban J connectivity index is 3.11. The number of hydrogen-bond donors (Lipinski definition) is 1. The maximum Gasteiger partial charge on any atom is 0.328 e. The van der Waals surface area contributed by atoms with E-state index in [9.17, 15) is 24.1 Å². The molecule has 0 aliphatic carbocycles. The molecule has 0 spiro atoms. The second-order valence-corrected chi connectivity index (χ2v) is 4.64. The number of nitrogens with one attached hydrogen (secondary N) is 1. The molecular weight excluding hydrogens is 283 g/mol. The number of nitro groups is 1. The molecule has 7 nitrogen and oxygen atoms in total. The first-order valence-electron chi connectivity index (χ1n) is 6.10. The molecule has 21 heavy (non-hydrogen) atoms. The molecule has 0 saturated heterocycles. The summed E-state index contributed by atoms with van der Waals surface area (Å²) in [7, 11) is 1.16. The second kappa shape index (κ2) is 6.78. The van der Waals surface area contributed by atoms with Crippen molar-refractivity contribution in [3.8, 4) is 0 Å². The third-order valence-corrected chi connectivity index (χ3v) is 2.81. The van der Waals surface area contributed by atoms with Crippen molar-refractivity contribution in [2.45, 2.75) is 19.9 Å². The van der Waals surface area contributed by atoms with Crippen LogP contribution in [0.2, 0.25) is 0 Å². The molecule has 1 atom stereocenters. The third-order valence-electron chi connectivity index (χ3n) is 2.81. The number of nitro benzene ring substituents is 1. The molecule has 0 radical (unpaired) electrons. The van der Waals surface area contributed by atoms with Gasteiger partial charge >= 0.3 is 5.97 Å². The first-order chi connectivity index (χ1) is 9.77. The number of esters is 1. The smallest absolute Gasteiger partial charge is 0.328 e. The Labute approximate surface area is 120 Å². The summed E-state index contributed by atoms with van der Waals surface area (Å²) in [6.45, 7) is 3.34. The highest BCUT2D eigenvalue weighted by atomic mass is 19.1. The normalized spacial score (nSPS) is 11.9. The summed E-state index contributed by atoms with van der Waals surface area (Å²) in [4.78, 5) is 33.7. The number of ether oxygens (including phenoxy) is 1. The van der Waals surface area contributed by atoms with Crippen molar-refractivity contribution in [1.29, 1.82) is 0 Å². The molecule has 1 rings (SSSR count). The van der Waals surface area contributed by atoms with E-state index in [-0.39, 0.29) is 5.92 Å². The van der Waals surface area contributed by atoms with Gasteiger partial charge < -0.3 is 10.1 Å². The van der Waals surface area contributed by atoms with Crippen LogP contribution in [0.3, 0.4) is 0 Å². The Bertz CT molecular complexity index is 574. The van der Waals surface area contributed by atoms with Crippen molar-refractivity contribution in [2.24, 2.45) is 5.92 Å². The number of benzene rings is 1. The van der Waals surface area contributed by atoms with Gasteiger partial charge in [-0.25, -0.2) is 9.18 Å². The molecule has 1 amide bonds. The molecular formula is C13H15FN2O5. The molecule has 0 aliphatic heterocycles. The van der Waals surface area contributed by atoms with Crippen molar-refractivity contribution in [3.63, 3.8) is 0 Å². The predicted octanol–water partition coefficient (Wildman–Crippen LogP) is 1.66. The van der Waals surface area contributed by atoms with Crippen molar-refractivity contribution in [2.75, 3.05) is 7.11 Å². The molecule has 0 heterocycles. The van der Waals surface area contributed by atoms with E-state index in [1.807, 2.05) is 0 Å². The first-order valence-corrected chi connectivity index (χ1v) is 6.10. The van der Waals surface area contributed by atoms with Crippen LogP contribution in [0.15, 0.2) is 18.2 Å². The number of carbonyl (C=O) groups is 2. The summed E-state index contributed by atoms with van der Waals surface area (Å²) in [6.07, 6.45) is 0. The van der Waals surface area contributed by atoms with Crippen LogP contribution in [0.5, 0.6) is 0 Å². The van der Waals surface area contributed by atoms with E-state index in [2.05, 4.69) is 10.1 Å². The Morgan fingerprint density at radius 2 is 2.00 bits per heavy atom. The minimum absolute atomic E-state index is 0.297. The lowest BCUT2D eigenvalue weighted by Gasteiger charge is -2.19. The summed E-state index contributed by atoms with van der Waals surface area (Å²) in [5.74, 6) is -2.68. The van der Waals surface area contributed by atoms with Crippen LogP contribution < -0.4 is 5.32 Å². The lowest BCUT2D eigenvalue weighted by atomic mass is 10.0. The lowest BCUT2D eigenvalue weighted by molar-refractivity contribution is -0.385. The highest BCUT2D eigenvalue weighted by Gasteiger charge is 2.28. The maximum absolute atomic E-state index is 13.2. The average Bonchev–Trinajstić information content (AvgIpc) is 2.42.